The van der Waals surface area contributed by atoms with E-state index in [9.17, 15) is 13.6 Å². The zero-order valence-electron chi connectivity index (χ0n) is 9.45. The molecule has 6 heteroatoms. The molecule has 0 saturated heterocycles. The Balaban J connectivity index is 2.34. The Labute approximate surface area is 122 Å². The summed E-state index contributed by atoms with van der Waals surface area (Å²) < 4.78 is 27.4. The maximum Gasteiger partial charge on any atom is 0.257 e. The maximum absolute atomic E-state index is 13.4. The van der Waals surface area contributed by atoms with Crippen LogP contribution >= 0.6 is 28.6 Å². The van der Waals surface area contributed by atoms with Gasteiger partial charge in [0, 0.05) is 9.37 Å². The summed E-state index contributed by atoms with van der Waals surface area (Å²) >= 11 is 7.31. The lowest BCUT2D eigenvalue weighted by Crippen LogP contribution is -2.15. The van der Waals surface area contributed by atoms with Crippen molar-refractivity contribution < 1.29 is 13.6 Å². The number of halogens is 3. The van der Waals surface area contributed by atoms with Crippen molar-refractivity contribution in [3.05, 3.63) is 58.1 Å². The van der Waals surface area contributed by atoms with Crippen molar-refractivity contribution in [1.82, 2.24) is 0 Å². The number of thiol groups is 1. The van der Waals surface area contributed by atoms with E-state index in [1.807, 2.05) is 0 Å². The Kier molecular flexibility index (Phi) is 4.21. The van der Waals surface area contributed by atoms with E-state index in [1.54, 1.807) is 12.1 Å². The molecule has 0 aliphatic heterocycles. The van der Waals surface area contributed by atoms with Gasteiger partial charge in [-0.1, -0.05) is 6.07 Å². The number of carbonyl (C=O) groups is 1. The standard InChI is InChI=1S/C13H8BrF2NOS/c14-9-5-4-7(19)6-8(9)13(18)17-12-10(15)2-1-3-11(12)16/h1-6,19H,(H,17,18). The van der Waals surface area contributed by atoms with Gasteiger partial charge >= 0.3 is 0 Å². The molecule has 1 amide bonds. The topological polar surface area (TPSA) is 29.1 Å². The van der Waals surface area contributed by atoms with E-state index in [1.165, 1.54) is 12.1 Å². The lowest BCUT2D eigenvalue weighted by atomic mass is 10.2. The quantitative estimate of drug-likeness (QED) is 0.783. The fourth-order valence-corrected chi connectivity index (χ4v) is 2.12. The van der Waals surface area contributed by atoms with Crippen LogP contribution in [0.4, 0.5) is 14.5 Å². The lowest BCUT2D eigenvalue weighted by molar-refractivity contribution is 0.102. The molecule has 0 radical (unpaired) electrons. The van der Waals surface area contributed by atoms with Crippen molar-refractivity contribution in [2.24, 2.45) is 0 Å². The number of rotatable bonds is 2. The van der Waals surface area contributed by atoms with Crippen molar-refractivity contribution in [1.29, 1.82) is 0 Å². The fourth-order valence-electron chi connectivity index (χ4n) is 1.49. The minimum absolute atomic E-state index is 0.246. The molecule has 0 fully saturated rings. The van der Waals surface area contributed by atoms with Crippen LogP contribution < -0.4 is 5.32 Å². The molecule has 1 N–H and O–H groups in total. The monoisotopic (exact) mass is 343 g/mol. The zero-order valence-corrected chi connectivity index (χ0v) is 11.9. The van der Waals surface area contributed by atoms with Gasteiger partial charge < -0.3 is 5.32 Å². The Morgan fingerprint density at radius 2 is 1.79 bits per heavy atom. The zero-order chi connectivity index (χ0) is 14.0. The fraction of sp³-hybridized carbons (Fsp3) is 0. The van der Waals surface area contributed by atoms with Gasteiger partial charge in [0.25, 0.3) is 5.91 Å². The van der Waals surface area contributed by atoms with Crippen molar-refractivity contribution in [3.63, 3.8) is 0 Å². The third-order valence-electron chi connectivity index (χ3n) is 2.40. The number of amides is 1. The summed E-state index contributed by atoms with van der Waals surface area (Å²) in [7, 11) is 0. The first-order valence-corrected chi connectivity index (χ1v) is 6.47. The molecule has 0 heterocycles. The van der Waals surface area contributed by atoms with E-state index in [2.05, 4.69) is 33.9 Å². The van der Waals surface area contributed by atoms with Gasteiger partial charge in [-0.15, -0.1) is 12.6 Å². The first-order valence-electron chi connectivity index (χ1n) is 5.23. The molecule has 19 heavy (non-hydrogen) atoms. The molecule has 0 aliphatic carbocycles. The number of hydrogen-bond acceptors (Lipinski definition) is 2. The van der Waals surface area contributed by atoms with Crippen LogP contribution in [0.15, 0.2) is 45.8 Å². The van der Waals surface area contributed by atoms with Crippen molar-refractivity contribution in [2.45, 2.75) is 4.90 Å². The largest absolute Gasteiger partial charge is 0.317 e. The molecule has 2 aromatic rings. The molecule has 98 valence electrons. The van der Waals surface area contributed by atoms with Crippen LogP contribution in [0.3, 0.4) is 0 Å². The molecule has 0 aromatic heterocycles. The van der Waals surface area contributed by atoms with E-state index >= 15 is 0 Å². The van der Waals surface area contributed by atoms with Gasteiger partial charge in [0.15, 0.2) is 0 Å². The number of carbonyl (C=O) groups excluding carboxylic acids is 1. The number of nitrogens with one attached hydrogen (secondary N) is 1. The van der Waals surface area contributed by atoms with E-state index < -0.39 is 23.2 Å². The van der Waals surface area contributed by atoms with Crippen LogP contribution in [0.2, 0.25) is 0 Å². The van der Waals surface area contributed by atoms with Gasteiger partial charge in [-0.25, -0.2) is 8.78 Å². The second kappa shape index (κ2) is 5.71. The normalized spacial score (nSPS) is 10.3. The molecule has 0 spiro atoms. The summed E-state index contributed by atoms with van der Waals surface area (Å²) in [6.45, 7) is 0. The highest BCUT2D eigenvalue weighted by Gasteiger charge is 2.15. The Hall–Kier alpha value is -1.40. The van der Waals surface area contributed by atoms with Gasteiger partial charge in [-0.2, -0.15) is 0 Å². The molecule has 0 aliphatic rings. The van der Waals surface area contributed by atoms with Gasteiger partial charge in [0.2, 0.25) is 0 Å². The van der Waals surface area contributed by atoms with Crippen LogP contribution in [0, 0.1) is 11.6 Å². The summed E-state index contributed by atoms with van der Waals surface area (Å²) in [4.78, 5) is 12.6. The molecule has 0 atom stereocenters. The highest BCUT2D eigenvalue weighted by Crippen LogP contribution is 2.23. The van der Waals surface area contributed by atoms with E-state index in [-0.39, 0.29) is 5.56 Å². The van der Waals surface area contributed by atoms with Crippen LogP contribution in [0.5, 0.6) is 0 Å². The molecule has 2 aromatic carbocycles. The Bertz CT molecular complexity index is 628. The molecule has 0 unspecified atom stereocenters. The molecular weight excluding hydrogens is 336 g/mol. The second-order valence-corrected chi connectivity index (χ2v) is 5.09. The summed E-state index contributed by atoms with van der Waals surface area (Å²) in [5.41, 5.74) is -0.223. The third-order valence-corrected chi connectivity index (χ3v) is 3.37. The Morgan fingerprint density at radius 3 is 2.42 bits per heavy atom. The molecule has 2 rings (SSSR count). The van der Waals surface area contributed by atoms with E-state index in [4.69, 9.17) is 0 Å². The average molecular weight is 344 g/mol. The van der Waals surface area contributed by atoms with Crippen molar-refractivity contribution >= 4 is 40.2 Å². The van der Waals surface area contributed by atoms with Crippen LogP contribution in [-0.2, 0) is 0 Å². The first kappa shape index (κ1) is 14.0. The van der Waals surface area contributed by atoms with Crippen molar-refractivity contribution in [2.75, 3.05) is 5.32 Å². The first-order chi connectivity index (χ1) is 8.99. The second-order valence-electron chi connectivity index (χ2n) is 3.71. The summed E-state index contributed by atoms with van der Waals surface area (Å²) in [6, 6.07) is 8.19. The van der Waals surface area contributed by atoms with Crippen LogP contribution in [0.1, 0.15) is 10.4 Å². The molecule has 0 bridgehead atoms. The molecule has 0 saturated carbocycles. The van der Waals surface area contributed by atoms with Gasteiger partial charge in [0.1, 0.15) is 17.3 Å². The lowest BCUT2D eigenvalue weighted by Gasteiger charge is -2.09. The third kappa shape index (κ3) is 3.13. The van der Waals surface area contributed by atoms with Gasteiger partial charge in [-0.3, -0.25) is 4.79 Å². The summed E-state index contributed by atoms with van der Waals surface area (Å²) in [5, 5.41) is 2.21. The number of benzene rings is 2. The summed E-state index contributed by atoms with van der Waals surface area (Å²) in [5.74, 6) is -2.27. The Morgan fingerprint density at radius 1 is 1.16 bits per heavy atom. The average Bonchev–Trinajstić information content (AvgIpc) is 2.37. The van der Waals surface area contributed by atoms with Gasteiger partial charge in [0.05, 0.1) is 5.56 Å². The molecular formula is C13H8BrF2NOS. The molecule has 2 nitrogen and oxygen atoms in total. The van der Waals surface area contributed by atoms with Gasteiger partial charge in [-0.05, 0) is 46.3 Å². The highest BCUT2D eigenvalue weighted by molar-refractivity contribution is 9.10. The minimum Gasteiger partial charge on any atom is -0.317 e. The number of anilines is 1. The van der Waals surface area contributed by atoms with Crippen LogP contribution in [0.25, 0.3) is 0 Å². The number of para-hydroxylation sites is 1. The predicted octanol–water partition coefficient (Wildman–Crippen LogP) is 4.27. The minimum atomic E-state index is -0.827. The smallest absolute Gasteiger partial charge is 0.257 e. The predicted molar refractivity (Wildman–Crippen MR) is 75.7 cm³/mol. The van der Waals surface area contributed by atoms with E-state index in [0.717, 1.165) is 12.1 Å². The van der Waals surface area contributed by atoms with Crippen molar-refractivity contribution in [3.8, 4) is 0 Å². The number of hydrogen-bond donors (Lipinski definition) is 2. The highest BCUT2D eigenvalue weighted by atomic mass is 79.9. The summed E-state index contributed by atoms with van der Waals surface area (Å²) in [6.07, 6.45) is 0. The maximum atomic E-state index is 13.4. The SMILES string of the molecule is O=C(Nc1c(F)cccc1F)c1cc(S)ccc1Br. The van der Waals surface area contributed by atoms with Crippen LogP contribution in [-0.4, -0.2) is 5.91 Å². The van der Waals surface area contributed by atoms with E-state index in [0.29, 0.717) is 9.37 Å².